The third-order valence-electron chi connectivity index (χ3n) is 3.79. The Hall–Kier alpha value is -2.30. The summed E-state index contributed by atoms with van der Waals surface area (Å²) in [4.78, 5) is 14.6. The van der Waals surface area contributed by atoms with Crippen LogP contribution in [0, 0.1) is 0 Å². The molecule has 5 heteroatoms. The van der Waals surface area contributed by atoms with Crippen LogP contribution in [-0.2, 0) is 5.54 Å². The van der Waals surface area contributed by atoms with Crippen LogP contribution in [0.2, 0.25) is 0 Å². The zero-order valence-corrected chi connectivity index (χ0v) is 14.6. The molecule has 1 N–H and O–H groups in total. The summed E-state index contributed by atoms with van der Waals surface area (Å²) < 4.78 is 1.80. The first-order valence-electron chi connectivity index (χ1n) is 8.06. The summed E-state index contributed by atoms with van der Waals surface area (Å²) >= 11 is 0. The minimum absolute atomic E-state index is 0.135. The summed E-state index contributed by atoms with van der Waals surface area (Å²) in [5, 5.41) is 7.17. The van der Waals surface area contributed by atoms with Gasteiger partial charge in [-0.25, -0.2) is 0 Å². The maximum absolute atomic E-state index is 12.3. The van der Waals surface area contributed by atoms with Crippen molar-refractivity contribution in [3.05, 3.63) is 42.2 Å². The van der Waals surface area contributed by atoms with Gasteiger partial charge in [-0.2, -0.15) is 5.10 Å². The number of amides is 1. The molecule has 2 aromatic rings. The highest BCUT2D eigenvalue weighted by atomic mass is 16.1. The van der Waals surface area contributed by atoms with Gasteiger partial charge in [0.05, 0.1) is 17.3 Å². The lowest BCUT2D eigenvalue weighted by Gasteiger charge is -2.21. The van der Waals surface area contributed by atoms with Gasteiger partial charge in [-0.05, 0) is 58.9 Å². The fourth-order valence-corrected chi connectivity index (χ4v) is 2.35. The molecule has 0 bridgehead atoms. The third kappa shape index (κ3) is 4.12. The van der Waals surface area contributed by atoms with Crippen molar-refractivity contribution in [2.45, 2.75) is 40.2 Å². The second-order valence-corrected chi connectivity index (χ2v) is 6.52. The Labute approximate surface area is 138 Å². The van der Waals surface area contributed by atoms with E-state index in [-0.39, 0.29) is 11.4 Å². The highest BCUT2D eigenvalue weighted by Crippen LogP contribution is 2.19. The van der Waals surface area contributed by atoms with Gasteiger partial charge in [0, 0.05) is 30.7 Å². The molecule has 5 nitrogen and oxygen atoms in total. The minimum atomic E-state index is -0.143. The van der Waals surface area contributed by atoms with Gasteiger partial charge < -0.3 is 10.2 Å². The van der Waals surface area contributed by atoms with Crippen molar-refractivity contribution in [1.82, 2.24) is 9.78 Å². The lowest BCUT2D eigenvalue weighted by molar-refractivity contribution is 0.102. The topological polar surface area (TPSA) is 50.2 Å². The fourth-order valence-electron chi connectivity index (χ4n) is 2.35. The number of hydrogen-bond acceptors (Lipinski definition) is 3. The van der Waals surface area contributed by atoms with Gasteiger partial charge in [0.2, 0.25) is 0 Å². The summed E-state index contributed by atoms with van der Waals surface area (Å²) in [6.07, 6.45) is 3.38. The molecule has 0 atom stereocenters. The molecule has 23 heavy (non-hydrogen) atoms. The Morgan fingerprint density at radius 3 is 2.26 bits per heavy atom. The van der Waals surface area contributed by atoms with Gasteiger partial charge in [0.15, 0.2) is 0 Å². The van der Waals surface area contributed by atoms with E-state index in [1.54, 1.807) is 17.1 Å². The van der Waals surface area contributed by atoms with Gasteiger partial charge in [-0.1, -0.05) is 0 Å². The maximum atomic E-state index is 12.3. The maximum Gasteiger partial charge on any atom is 0.258 e. The molecule has 0 spiro atoms. The predicted molar refractivity (Wildman–Crippen MR) is 95.2 cm³/mol. The van der Waals surface area contributed by atoms with Crippen LogP contribution < -0.4 is 10.2 Å². The average Bonchev–Trinajstić information content (AvgIpc) is 3.00. The SMILES string of the molecule is CCN(CC)c1ccc(NC(=O)c2cnn(C(C)(C)C)c2)cc1. The predicted octanol–water partition coefficient (Wildman–Crippen LogP) is 3.74. The molecule has 1 aromatic carbocycles. The van der Waals surface area contributed by atoms with E-state index in [0.29, 0.717) is 5.56 Å². The highest BCUT2D eigenvalue weighted by Gasteiger charge is 2.16. The van der Waals surface area contributed by atoms with E-state index >= 15 is 0 Å². The minimum Gasteiger partial charge on any atom is -0.372 e. The van der Waals surface area contributed by atoms with Crippen LogP contribution in [0.15, 0.2) is 36.7 Å². The summed E-state index contributed by atoms with van der Waals surface area (Å²) in [5.41, 5.74) is 2.37. The van der Waals surface area contributed by atoms with Gasteiger partial charge in [-0.15, -0.1) is 0 Å². The van der Waals surface area contributed by atoms with Crippen LogP contribution >= 0.6 is 0 Å². The first kappa shape index (κ1) is 17.1. The van der Waals surface area contributed by atoms with Crippen LogP contribution in [-0.4, -0.2) is 28.8 Å². The average molecular weight is 314 g/mol. The summed E-state index contributed by atoms with van der Waals surface area (Å²) in [5.74, 6) is -0.143. The zero-order valence-electron chi connectivity index (χ0n) is 14.6. The van der Waals surface area contributed by atoms with E-state index in [4.69, 9.17) is 0 Å². The highest BCUT2D eigenvalue weighted by molar-refractivity contribution is 6.04. The Kier molecular flexibility index (Phi) is 5.08. The first-order valence-corrected chi connectivity index (χ1v) is 8.06. The molecule has 0 saturated carbocycles. The lowest BCUT2D eigenvalue weighted by atomic mass is 10.1. The summed E-state index contributed by atoms with van der Waals surface area (Å²) in [6, 6.07) is 7.92. The van der Waals surface area contributed by atoms with Gasteiger partial charge >= 0.3 is 0 Å². The smallest absolute Gasteiger partial charge is 0.258 e. The molecule has 0 unspecified atom stereocenters. The standard InChI is InChI=1S/C18H26N4O/c1-6-21(7-2)16-10-8-15(9-11-16)20-17(23)14-12-19-22(13-14)18(3,4)5/h8-13H,6-7H2,1-5H3,(H,20,23). The third-order valence-corrected chi connectivity index (χ3v) is 3.79. The largest absolute Gasteiger partial charge is 0.372 e. The second-order valence-electron chi connectivity index (χ2n) is 6.52. The first-order chi connectivity index (χ1) is 10.8. The van der Waals surface area contributed by atoms with Crippen molar-refractivity contribution in [2.75, 3.05) is 23.3 Å². The Morgan fingerprint density at radius 1 is 1.17 bits per heavy atom. The molecule has 0 aliphatic rings. The van der Waals surface area contributed by atoms with Gasteiger partial charge in [0.25, 0.3) is 5.91 Å². The van der Waals surface area contributed by atoms with Crippen molar-refractivity contribution < 1.29 is 4.79 Å². The van der Waals surface area contributed by atoms with E-state index in [9.17, 15) is 4.79 Å². The summed E-state index contributed by atoms with van der Waals surface area (Å²) in [6.45, 7) is 12.3. The van der Waals surface area contributed by atoms with E-state index in [0.717, 1.165) is 24.5 Å². The number of nitrogens with one attached hydrogen (secondary N) is 1. The normalized spacial score (nSPS) is 11.3. The van der Waals surface area contributed by atoms with Crippen molar-refractivity contribution in [3.63, 3.8) is 0 Å². The molecule has 0 saturated heterocycles. The number of anilines is 2. The van der Waals surface area contributed by atoms with Crippen LogP contribution in [0.25, 0.3) is 0 Å². The van der Waals surface area contributed by atoms with E-state index < -0.39 is 0 Å². The molecule has 1 aromatic heterocycles. The molecule has 2 rings (SSSR count). The van der Waals surface area contributed by atoms with E-state index in [2.05, 4.69) is 29.2 Å². The van der Waals surface area contributed by atoms with E-state index in [1.165, 1.54) is 0 Å². The van der Waals surface area contributed by atoms with Gasteiger partial charge in [-0.3, -0.25) is 9.48 Å². The number of hydrogen-bond donors (Lipinski definition) is 1. The van der Waals surface area contributed by atoms with Crippen molar-refractivity contribution in [3.8, 4) is 0 Å². The molecular weight excluding hydrogens is 288 g/mol. The quantitative estimate of drug-likeness (QED) is 0.914. The van der Waals surface area contributed by atoms with E-state index in [1.807, 2.05) is 45.0 Å². The molecule has 0 fully saturated rings. The Morgan fingerprint density at radius 2 is 1.78 bits per heavy atom. The molecule has 0 aliphatic heterocycles. The molecular formula is C18H26N4O. The van der Waals surface area contributed by atoms with Crippen molar-refractivity contribution >= 4 is 17.3 Å². The second kappa shape index (κ2) is 6.86. The monoisotopic (exact) mass is 314 g/mol. The molecule has 124 valence electrons. The fraction of sp³-hybridized carbons (Fsp3) is 0.444. The van der Waals surface area contributed by atoms with Gasteiger partial charge in [0.1, 0.15) is 0 Å². The van der Waals surface area contributed by atoms with Crippen LogP contribution in [0.4, 0.5) is 11.4 Å². The number of carbonyl (C=O) groups is 1. The number of carbonyl (C=O) groups excluding carboxylic acids is 1. The number of rotatable bonds is 5. The van der Waals surface area contributed by atoms with Crippen molar-refractivity contribution in [1.29, 1.82) is 0 Å². The van der Waals surface area contributed by atoms with Crippen LogP contribution in [0.1, 0.15) is 45.0 Å². The summed E-state index contributed by atoms with van der Waals surface area (Å²) in [7, 11) is 0. The molecule has 0 radical (unpaired) electrons. The van der Waals surface area contributed by atoms with Crippen molar-refractivity contribution in [2.24, 2.45) is 0 Å². The Balaban J connectivity index is 2.07. The van der Waals surface area contributed by atoms with Crippen LogP contribution in [0.5, 0.6) is 0 Å². The number of benzene rings is 1. The zero-order chi connectivity index (χ0) is 17.0. The number of nitrogens with zero attached hydrogens (tertiary/aromatic N) is 3. The number of aromatic nitrogens is 2. The molecule has 1 amide bonds. The lowest BCUT2D eigenvalue weighted by Crippen LogP contribution is -2.22. The van der Waals surface area contributed by atoms with Crippen LogP contribution in [0.3, 0.4) is 0 Å². The Bertz CT molecular complexity index is 648. The molecule has 1 heterocycles. The molecule has 0 aliphatic carbocycles.